The Hall–Kier alpha value is -0.870. The topological polar surface area (TPSA) is 66.3 Å². The van der Waals surface area contributed by atoms with Gasteiger partial charge in [0.15, 0.2) is 17.5 Å². The van der Waals surface area contributed by atoms with Gasteiger partial charge in [-0.2, -0.15) is 11.8 Å². The van der Waals surface area contributed by atoms with Crippen LogP contribution in [0.15, 0.2) is 23.2 Å². The molecule has 1 atom stereocenters. The number of halogens is 1. The standard InChI is InChI=1S/C20H33N3O3S.HI/c1-5-21-20(23-8-11-27-19(14-23)15(2)3)22-13-16-6-7-17(26-10-9-24)18(12-16)25-4;/h6-7,12,15,19,24H,5,8-11,13-14H2,1-4H3,(H,21,22);1H. The summed E-state index contributed by atoms with van der Waals surface area (Å²) in [5.41, 5.74) is 1.06. The maximum Gasteiger partial charge on any atom is 0.194 e. The molecule has 0 bridgehead atoms. The van der Waals surface area contributed by atoms with Crippen LogP contribution in [0.5, 0.6) is 11.5 Å². The van der Waals surface area contributed by atoms with Gasteiger partial charge in [0.2, 0.25) is 0 Å². The van der Waals surface area contributed by atoms with Crippen molar-refractivity contribution in [1.82, 2.24) is 10.2 Å². The van der Waals surface area contributed by atoms with Crippen LogP contribution in [0.2, 0.25) is 0 Å². The molecule has 1 fully saturated rings. The van der Waals surface area contributed by atoms with Gasteiger partial charge in [0, 0.05) is 30.6 Å². The number of benzene rings is 1. The third-order valence-corrected chi connectivity index (χ3v) is 6.00. The van der Waals surface area contributed by atoms with Crippen molar-refractivity contribution >= 4 is 41.7 Å². The van der Waals surface area contributed by atoms with Crippen molar-refractivity contribution in [3.63, 3.8) is 0 Å². The fourth-order valence-electron chi connectivity index (χ4n) is 2.95. The number of aliphatic hydroxyl groups is 1. The summed E-state index contributed by atoms with van der Waals surface area (Å²) in [5.74, 6) is 4.08. The Labute approximate surface area is 190 Å². The first-order valence-electron chi connectivity index (χ1n) is 9.64. The number of thioether (sulfide) groups is 1. The normalized spacial score (nSPS) is 17.3. The molecule has 0 saturated carbocycles. The molecule has 1 saturated heterocycles. The van der Waals surface area contributed by atoms with Crippen LogP contribution in [0.3, 0.4) is 0 Å². The second-order valence-corrected chi connectivity index (χ2v) is 8.17. The Kier molecular flexibility index (Phi) is 12.0. The smallest absolute Gasteiger partial charge is 0.194 e. The number of aliphatic hydroxyl groups excluding tert-OH is 1. The van der Waals surface area contributed by atoms with Gasteiger partial charge >= 0.3 is 0 Å². The number of methoxy groups -OCH3 is 1. The van der Waals surface area contributed by atoms with Crippen molar-refractivity contribution in [2.75, 3.05) is 45.7 Å². The van der Waals surface area contributed by atoms with E-state index in [1.165, 1.54) is 0 Å². The summed E-state index contributed by atoms with van der Waals surface area (Å²) in [5, 5.41) is 13.0. The molecule has 6 nitrogen and oxygen atoms in total. The zero-order valence-electron chi connectivity index (χ0n) is 17.3. The minimum atomic E-state index is -0.0211. The van der Waals surface area contributed by atoms with Crippen molar-refractivity contribution in [1.29, 1.82) is 0 Å². The number of hydrogen-bond donors (Lipinski definition) is 2. The van der Waals surface area contributed by atoms with Crippen LogP contribution in [0, 0.1) is 5.92 Å². The van der Waals surface area contributed by atoms with E-state index >= 15 is 0 Å². The highest BCUT2D eigenvalue weighted by Gasteiger charge is 2.24. The van der Waals surface area contributed by atoms with Gasteiger partial charge in [0.05, 0.1) is 20.3 Å². The van der Waals surface area contributed by atoms with Crippen LogP contribution in [0.25, 0.3) is 0 Å². The minimum absolute atomic E-state index is 0. The fourth-order valence-corrected chi connectivity index (χ4v) is 4.25. The number of ether oxygens (including phenoxy) is 2. The van der Waals surface area contributed by atoms with Gasteiger partial charge in [-0.05, 0) is 30.5 Å². The van der Waals surface area contributed by atoms with Crippen molar-refractivity contribution in [3.05, 3.63) is 23.8 Å². The van der Waals surface area contributed by atoms with Crippen molar-refractivity contribution < 1.29 is 14.6 Å². The van der Waals surface area contributed by atoms with E-state index in [4.69, 9.17) is 19.6 Å². The molecule has 0 amide bonds. The van der Waals surface area contributed by atoms with E-state index in [1.807, 2.05) is 18.2 Å². The minimum Gasteiger partial charge on any atom is -0.493 e. The van der Waals surface area contributed by atoms with Gasteiger partial charge in [-0.15, -0.1) is 24.0 Å². The molecule has 1 aromatic rings. The van der Waals surface area contributed by atoms with Crippen LogP contribution in [0.1, 0.15) is 26.3 Å². The average molecular weight is 523 g/mol. The van der Waals surface area contributed by atoms with Crippen molar-refractivity contribution in [2.45, 2.75) is 32.6 Å². The Morgan fingerprint density at radius 1 is 1.39 bits per heavy atom. The molecule has 1 aromatic carbocycles. The second kappa shape index (κ2) is 13.4. The zero-order valence-corrected chi connectivity index (χ0v) is 20.5. The van der Waals surface area contributed by atoms with Crippen LogP contribution in [-0.2, 0) is 6.54 Å². The van der Waals surface area contributed by atoms with Gasteiger partial charge in [0.25, 0.3) is 0 Å². The molecule has 0 aliphatic carbocycles. The average Bonchev–Trinajstić information content (AvgIpc) is 2.69. The Bertz CT molecular complexity index is 616. The van der Waals surface area contributed by atoms with E-state index in [9.17, 15) is 0 Å². The molecule has 2 rings (SSSR count). The van der Waals surface area contributed by atoms with E-state index < -0.39 is 0 Å². The molecule has 0 spiro atoms. The summed E-state index contributed by atoms with van der Waals surface area (Å²) in [4.78, 5) is 7.23. The molecule has 0 aromatic heterocycles. The lowest BCUT2D eigenvalue weighted by Crippen LogP contribution is -2.49. The highest BCUT2D eigenvalue weighted by atomic mass is 127. The Morgan fingerprint density at radius 2 is 2.18 bits per heavy atom. The summed E-state index contributed by atoms with van der Waals surface area (Å²) in [6.45, 7) is 10.4. The van der Waals surface area contributed by atoms with Crippen molar-refractivity contribution in [3.8, 4) is 11.5 Å². The first-order valence-corrected chi connectivity index (χ1v) is 10.7. The van der Waals surface area contributed by atoms with E-state index in [2.05, 4.69) is 42.7 Å². The molecule has 1 unspecified atom stereocenters. The van der Waals surface area contributed by atoms with E-state index in [-0.39, 0.29) is 37.2 Å². The number of aliphatic imine (C=N–C) groups is 1. The largest absolute Gasteiger partial charge is 0.493 e. The lowest BCUT2D eigenvalue weighted by atomic mass is 10.1. The number of hydrogen-bond acceptors (Lipinski definition) is 5. The van der Waals surface area contributed by atoms with Gasteiger partial charge in [0.1, 0.15) is 6.61 Å². The van der Waals surface area contributed by atoms with Crippen LogP contribution in [-0.4, -0.2) is 66.9 Å². The quantitative estimate of drug-likeness (QED) is 0.310. The second-order valence-electron chi connectivity index (χ2n) is 6.83. The number of nitrogens with zero attached hydrogens (tertiary/aromatic N) is 2. The summed E-state index contributed by atoms with van der Waals surface area (Å²) < 4.78 is 10.9. The molecule has 2 N–H and O–H groups in total. The predicted octanol–water partition coefficient (Wildman–Crippen LogP) is 3.22. The molecule has 0 radical (unpaired) electrons. The van der Waals surface area contributed by atoms with Gasteiger partial charge in [-0.25, -0.2) is 4.99 Å². The first kappa shape index (κ1) is 25.2. The third-order valence-electron chi connectivity index (χ3n) is 4.46. The highest BCUT2D eigenvalue weighted by molar-refractivity contribution is 14.0. The molecule has 1 aliphatic rings. The van der Waals surface area contributed by atoms with E-state index in [0.29, 0.717) is 29.2 Å². The molecule has 1 aliphatic heterocycles. The molecule has 160 valence electrons. The third kappa shape index (κ3) is 7.51. The zero-order chi connectivity index (χ0) is 19.6. The Balaban J connectivity index is 0.00000392. The lowest BCUT2D eigenvalue weighted by molar-refractivity contribution is 0.196. The maximum atomic E-state index is 8.92. The summed E-state index contributed by atoms with van der Waals surface area (Å²) in [6, 6.07) is 5.81. The number of guanidine groups is 1. The SMILES string of the molecule is CCNC(=NCc1ccc(OCCO)c(OC)c1)N1CCSC(C(C)C)C1.I. The molecule has 8 heteroatoms. The Morgan fingerprint density at radius 3 is 2.82 bits per heavy atom. The van der Waals surface area contributed by atoms with E-state index in [1.54, 1.807) is 7.11 Å². The summed E-state index contributed by atoms with van der Waals surface area (Å²) in [7, 11) is 1.62. The van der Waals surface area contributed by atoms with Crippen LogP contribution >= 0.6 is 35.7 Å². The first-order chi connectivity index (χ1) is 13.1. The van der Waals surface area contributed by atoms with Gasteiger partial charge < -0.3 is 24.8 Å². The van der Waals surface area contributed by atoms with Crippen molar-refractivity contribution in [2.24, 2.45) is 10.9 Å². The molecular weight excluding hydrogens is 489 g/mol. The number of nitrogens with one attached hydrogen (secondary N) is 1. The van der Waals surface area contributed by atoms with Gasteiger partial charge in [-0.3, -0.25) is 0 Å². The predicted molar refractivity (Wildman–Crippen MR) is 128 cm³/mol. The lowest BCUT2D eigenvalue weighted by Gasteiger charge is -2.36. The molecule has 28 heavy (non-hydrogen) atoms. The monoisotopic (exact) mass is 523 g/mol. The summed E-state index contributed by atoms with van der Waals surface area (Å²) in [6.07, 6.45) is 0. The van der Waals surface area contributed by atoms with Crippen LogP contribution < -0.4 is 14.8 Å². The maximum absolute atomic E-state index is 8.92. The molecule has 1 heterocycles. The van der Waals surface area contributed by atoms with E-state index in [0.717, 1.165) is 36.9 Å². The molecular formula is C20H34IN3O3S. The highest BCUT2D eigenvalue weighted by Crippen LogP contribution is 2.28. The number of rotatable bonds is 8. The fraction of sp³-hybridized carbons (Fsp3) is 0.650. The summed E-state index contributed by atoms with van der Waals surface area (Å²) >= 11 is 2.07. The van der Waals surface area contributed by atoms with Crippen LogP contribution in [0.4, 0.5) is 0 Å². The van der Waals surface area contributed by atoms with Gasteiger partial charge in [-0.1, -0.05) is 19.9 Å².